The highest BCUT2D eigenvalue weighted by Gasteiger charge is 2.05. The Morgan fingerprint density at radius 2 is 1.94 bits per heavy atom. The van der Waals surface area contributed by atoms with E-state index in [-0.39, 0.29) is 0 Å². The van der Waals surface area contributed by atoms with Crippen LogP contribution < -0.4 is 0 Å². The molecule has 0 atom stereocenters. The molecule has 1 nitrogen and oxygen atoms in total. The molecule has 0 amide bonds. The van der Waals surface area contributed by atoms with Gasteiger partial charge in [0.1, 0.15) is 5.76 Å². The van der Waals surface area contributed by atoms with Crippen molar-refractivity contribution >= 4 is 0 Å². The summed E-state index contributed by atoms with van der Waals surface area (Å²) in [5.41, 5.74) is 2.92. The summed E-state index contributed by atoms with van der Waals surface area (Å²) in [5, 5.41) is 0. The second-order valence-electron chi connectivity index (χ2n) is 4.14. The molecular weight excluding hydrogens is 196 g/mol. The lowest BCUT2D eigenvalue weighted by Gasteiger charge is -2.13. The van der Waals surface area contributed by atoms with E-state index in [0.29, 0.717) is 0 Å². The van der Waals surface area contributed by atoms with Gasteiger partial charge in [-0.05, 0) is 43.4 Å². The molecule has 0 unspecified atom stereocenters. The zero-order chi connectivity index (χ0) is 11.2. The third-order valence-electron chi connectivity index (χ3n) is 2.97. The van der Waals surface area contributed by atoms with E-state index in [1.165, 1.54) is 17.6 Å². The van der Waals surface area contributed by atoms with Crippen LogP contribution in [0.3, 0.4) is 0 Å². The standard InChI is InChI=1S/C15H18O/c1-16-15-9-5-8-14(12-15)11-10-13-6-3-2-4-7-13/h2-4,6-7,9,12H,5,8,10-11H2,1H3. The van der Waals surface area contributed by atoms with Gasteiger partial charge < -0.3 is 4.74 Å². The van der Waals surface area contributed by atoms with Gasteiger partial charge in [-0.3, -0.25) is 0 Å². The maximum atomic E-state index is 5.26. The summed E-state index contributed by atoms with van der Waals surface area (Å²) in [6.07, 6.45) is 8.91. The maximum absolute atomic E-state index is 5.26. The SMILES string of the molecule is COC1=CCCC(CCc2ccccc2)=C1. The van der Waals surface area contributed by atoms with Crippen LogP contribution in [0.1, 0.15) is 24.8 Å². The van der Waals surface area contributed by atoms with Gasteiger partial charge in [0, 0.05) is 0 Å². The van der Waals surface area contributed by atoms with Crippen molar-refractivity contribution in [2.45, 2.75) is 25.7 Å². The molecule has 1 aliphatic carbocycles. The van der Waals surface area contributed by atoms with E-state index in [2.05, 4.69) is 42.5 Å². The topological polar surface area (TPSA) is 9.23 Å². The number of benzene rings is 1. The van der Waals surface area contributed by atoms with Crippen molar-refractivity contribution in [1.82, 2.24) is 0 Å². The Kier molecular flexibility index (Phi) is 3.81. The fraction of sp³-hybridized carbons (Fsp3) is 0.333. The highest BCUT2D eigenvalue weighted by atomic mass is 16.5. The van der Waals surface area contributed by atoms with Gasteiger partial charge in [-0.2, -0.15) is 0 Å². The maximum Gasteiger partial charge on any atom is 0.114 e. The van der Waals surface area contributed by atoms with Crippen molar-refractivity contribution in [2.75, 3.05) is 7.11 Å². The number of methoxy groups -OCH3 is 1. The third-order valence-corrected chi connectivity index (χ3v) is 2.97. The molecule has 0 heterocycles. The van der Waals surface area contributed by atoms with Crippen molar-refractivity contribution in [1.29, 1.82) is 0 Å². The number of ether oxygens (including phenoxy) is 1. The molecule has 0 aliphatic heterocycles. The number of hydrogen-bond acceptors (Lipinski definition) is 1. The van der Waals surface area contributed by atoms with Crippen LogP contribution in [0, 0.1) is 0 Å². The minimum absolute atomic E-state index is 1.02. The molecule has 0 bridgehead atoms. The van der Waals surface area contributed by atoms with Crippen LogP contribution in [0.25, 0.3) is 0 Å². The minimum atomic E-state index is 1.02. The first-order valence-electron chi connectivity index (χ1n) is 5.86. The summed E-state index contributed by atoms with van der Waals surface area (Å²) in [6, 6.07) is 10.7. The summed E-state index contributed by atoms with van der Waals surface area (Å²) >= 11 is 0. The molecule has 1 aliphatic rings. The second kappa shape index (κ2) is 5.55. The van der Waals surface area contributed by atoms with E-state index in [4.69, 9.17) is 4.74 Å². The summed E-state index contributed by atoms with van der Waals surface area (Å²) in [5.74, 6) is 1.02. The Bertz CT molecular complexity index is 387. The Morgan fingerprint density at radius 1 is 1.12 bits per heavy atom. The normalized spacial score (nSPS) is 15.3. The van der Waals surface area contributed by atoms with Gasteiger partial charge in [0.2, 0.25) is 0 Å². The first kappa shape index (κ1) is 11.0. The van der Waals surface area contributed by atoms with Gasteiger partial charge in [0.15, 0.2) is 0 Å². The quantitative estimate of drug-likeness (QED) is 0.739. The number of aryl methyl sites for hydroxylation is 1. The van der Waals surface area contributed by atoms with E-state index >= 15 is 0 Å². The van der Waals surface area contributed by atoms with E-state index < -0.39 is 0 Å². The molecule has 1 heteroatoms. The molecule has 0 radical (unpaired) electrons. The van der Waals surface area contributed by atoms with E-state index in [0.717, 1.165) is 25.0 Å². The average molecular weight is 214 g/mol. The summed E-state index contributed by atoms with van der Waals surface area (Å²) in [6.45, 7) is 0. The van der Waals surface area contributed by atoms with Gasteiger partial charge in [0.05, 0.1) is 7.11 Å². The Hall–Kier alpha value is -1.50. The third kappa shape index (κ3) is 2.99. The molecular formula is C15H18O. The molecule has 16 heavy (non-hydrogen) atoms. The highest BCUT2D eigenvalue weighted by molar-refractivity contribution is 5.25. The van der Waals surface area contributed by atoms with E-state index in [1.807, 2.05) is 0 Å². The van der Waals surface area contributed by atoms with Crippen molar-refractivity contribution in [2.24, 2.45) is 0 Å². The average Bonchev–Trinajstić information content (AvgIpc) is 2.38. The van der Waals surface area contributed by atoms with Gasteiger partial charge in [-0.25, -0.2) is 0 Å². The van der Waals surface area contributed by atoms with Gasteiger partial charge in [-0.15, -0.1) is 0 Å². The highest BCUT2D eigenvalue weighted by Crippen LogP contribution is 2.21. The first-order chi connectivity index (χ1) is 7.88. The summed E-state index contributed by atoms with van der Waals surface area (Å²) in [4.78, 5) is 0. The lowest BCUT2D eigenvalue weighted by Crippen LogP contribution is -1.96. The van der Waals surface area contributed by atoms with Crippen LogP contribution in [0.5, 0.6) is 0 Å². The predicted molar refractivity (Wildman–Crippen MR) is 67.2 cm³/mol. The van der Waals surface area contributed by atoms with Crippen LogP contribution >= 0.6 is 0 Å². The zero-order valence-electron chi connectivity index (χ0n) is 9.78. The smallest absolute Gasteiger partial charge is 0.114 e. The Balaban J connectivity index is 1.91. The molecule has 1 aromatic carbocycles. The molecule has 2 rings (SSSR count). The van der Waals surface area contributed by atoms with Crippen molar-refractivity contribution < 1.29 is 4.74 Å². The van der Waals surface area contributed by atoms with Gasteiger partial charge in [-0.1, -0.05) is 35.9 Å². The van der Waals surface area contributed by atoms with Crippen LogP contribution in [0.4, 0.5) is 0 Å². The van der Waals surface area contributed by atoms with Gasteiger partial charge >= 0.3 is 0 Å². The Labute approximate surface area is 97.4 Å². The van der Waals surface area contributed by atoms with Crippen LogP contribution in [0.2, 0.25) is 0 Å². The van der Waals surface area contributed by atoms with Crippen molar-refractivity contribution in [3.8, 4) is 0 Å². The zero-order valence-corrected chi connectivity index (χ0v) is 9.78. The van der Waals surface area contributed by atoms with Crippen LogP contribution in [0.15, 0.2) is 53.8 Å². The van der Waals surface area contributed by atoms with Crippen LogP contribution in [-0.2, 0) is 11.2 Å². The van der Waals surface area contributed by atoms with Crippen LogP contribution in [-0.4, -0.2) is 7.11 Å². The number of hydrogen-bond donors (Lipinski definition) is 0. The van der Waals surface area contributed by atoms with Crippen molar-refractivity contribution in [3.63, 3.8) is 0 Å². The fourth-order valence-electron chi connectivity index (χ4n) is 2.02. The number of allylic oxidation sites excluding steroid dienone is 3. The predicted octanol–water partition coefficient (Wildman–Crippen LogP) is 3.87. The molecule has 0 saturated heterocycles. The molecule has 0 spiro atoms. The Morgan fingerprint density at radius 3 is 2.69 bits per heavy atom. The lowest BCUT2D eigenvalue weighted by atomic mass is 9.97. The van der Waals surface area contributed by atoms with E-state index in [1.54, 1.807) is 7.11 Å². The molecule has 1 aromatic rings. The molecule has 0 saturated carbocycles. The largest absolute Gasteiger partial charge is 0.497 e. The minimum Gasteiger partial charge on any atom is -0.497 e. The van der Waals surface area contributed by atoms with Gasteiger partial charge in [0.25, 0.3) is 0 Å². The fourth-order valence-corrected chi connectivity index (χ4v) is 2.02. The molecule has 0 N–H and O–H groups in total. The lowest BCUT2D eigenvalue weighted by molar-refractivity contribution is 0.302. The second-order valence-corrected chi connectivity index (χ2v) is 4.14. The van der Waals surface area contributed by atoms with E-state index in [9.17, 15) is 0 Å². The summed E-state index contributed by atoms with van der Waals surface area (Å²) in [7, 11) is 1.74. The molecule has 0 aromatic heterocycles. The first-order valence-corrected chi connectivity index (χ1v) is 5.86. The van der Waals surface area contributed by atoms with Crippen molar-refractivity contribution in [3.05, 3.63) is 59.4 Å². The monoisotopic (exact) mass is 214 g/mol. The summed E-state index contributed by atoms with van der Waals surface area (Å²) < 4.78 is 5.26. The molecule has 84 valence electrons. The molecule has 0 fully saturated rings. The number of rotatable bonds is 4.